The predicted molar refractivity (Wildman–Crippen MR) is 75.2 cm³/mol. The Kier molecular flexibility index (Phi) is 5.34. The molecule has 17 heavy (non-hydrogen) atoms. The Labute approximate surface area is 116 Å². The van der Waals surface area contributed by atoms with Gasteiger partial charge in [0.2, 0.25) is 5.91 Å². The molecule has 0 aliphatic carbocycles. The van der Waals surface area contributed by atoms with Crippen molar-refractivity contribution in [2.45, 2.75) is 24.0 Å². The highest BCUT2D eigenvalue weighted by atomic mass is 79.9. The quantitative estimate of drug-likeness (QED) is 0.726. The Hall–Kier alpha value is 0.250. The van der Waals surface area contributed by atoms with E-state index in [0.717, 1.165) is 5.75 Å². The van der Waals surface area contributed by atoms with Crippen LogP contribution < -0.4 is 0 Å². The third-order valence-corrected chi connectivity index (χ3v) is 6.78. The van der Waals surface area contributed by atoms with Crippen LogP contribution in [0.2, 0.25) is 0 Å². The lowest BCUT2D eigenvalue weighted by Crippen LogP contribution is -2.52. The molecular formula is C10H18BrNO3S2. The fraction of sp³-hybridized carbons (Fsp3) is 0.900. The number of hydrogen-bond acceptors (Lipinski definition) is 4. The van der Waals surface area contributed by atoms with Gasteiger partial charge in [0.05, 0.1) is 4.83 Å². The molecule has 1 amide bonds. The van der Waals surface area contributed by atoms with Gasteiger partial charge in [0.15, 0.2) is 9.84 Å². The molecular weight excluding hydrogens is 326 g/mol. The molecule has 0 aromatic rings. The van der Waals surface area contributed by atoms with E-state index in [9.17, 15) is 13.2 Å². The predicted octanol–water partition coefficient (Wildman–Crippen LogP) is 1.35. The number of carbonyl (C=O) groups excluding carboxylic acids is 1. The van der Waals surface area contributed by atoms with Crippen molar-refractivity contribution in [3.8, 4) is 0 Å². The molecule has 1 rings (SSSR count). The van der Waals surface area contributed by atoms with Gasteiger partial charge < -0.3 is 4.90 Å². The van der Waals surface area contributed by atoms with Gasteiger partial charge in [-0.05, 0) is 5.92 Å². The minimum atomic E-state index is -3.22. The van der Waals surface area contributed by atoms with Crippen LogP contribution in [0.3, 0.4) is 0 Å². The molecule has 1 heterocycles. The van der Waals surface area contributed by atoms with Crippen LogP contribution in [0.25, 0.3) is 0 Å². The molecule has 100 valence electrons. The molecule has 0 spiro atoms. The minimum Gasteiger partial charge on any atom is -0.323 e. The maximum absolute atomic E-state index is 12.2. The van der Waals surface area contributed by atoms with Crippen LogP contribution in [0.1, 0.15) is 13.8 Å². The number of nitrogens with zero attached hydrogens (tertiary/aromatic N) is 1. The molecule has 0 bridgehead atoms. The number of sulfone groups is 1. The van der Waals surface area contributed by atoms with Crippen molar-refractivity contribution >= 4 is 43.4 Å². The van der Waals surface area contributed by atoms with Crippen molar-refractivity contribution in [2.24, 2.45) is 5.92 Å². The number of halogens is 1. The zero-order valence-corrected chi connectivity index (χ0v) is 13.4. The molecule has 1 aliphatic heterocycles. The van der Waals surface area contributed by atoms with Gasteiger partial charge in [0.1, 0.15) is 5.37 Å². The monoisotopic (exact) mass is 343 g/mol. The molecule has 1 aliphatic rings. The Balaban J connectivity index is 2.89. The van der Waals surface area contributed by atoms with Crippen LogP contribution in [0, 0.1) is 5.92 Å². The van der Waals surface area contributed by atoms with Gasteiger partial charge in [0, 0.05) is 24.3 Å². The molecule has 0 aromatic heterocycles. The number of rotatable bonds is 3. The van der Waals surface area contributed by atoms with Crippen molar-refractivity contribution in [1.29, 1.82) is 0 Å². The number of hydrogen-bond donors (Lipinski definition) is 0. The van der Waals surface area contributed by atoms with Crippen molar-refractivity contribution in [3.05, 3.63) is 0 Å². The van der Waals surface area contributed by atoms with Crippen molar-refractivity contribution in [1.82, 2.24) is 4.90 Å². The summed E-state index contributed by atoms with van der Waals surface area (Å²) in [5, 5.41) is -0.674. The van der Waals surface area contributed by atoms with Crippen LogP contribution in [0.5, 0.6) is 0 Å². The van der Waals surface area contributed by atoms with E-state index >= 15 is 0 Å². The summed E-state index contributed by atoms with van der Waals surface area (Å²) in [5.41, 5.74) is 0. The Bertz CT molecular complexity index is 383. The van der Waals surface area contributed by atoms with Crippen LogP contribution in [-0.4, -0.2) is 53.7 Å². The lowest BCUT2D eigenvalue weighted by Gasteiger charge is -2.35. The number of thioether (sulfide) groups is 1. The summed E-state index contributed by atoms with van der Waals surface area (Å²) >= 11 is 4.93. The van der Waals surface area contributed by atoms with E-state index in [2.05, 4.69) is 15.9 Å². The molecule has 0 saturated carbocycles. The maximum Gasteiger partial charge on any atom is 0.237 e. The molecule has 0 N–H and O–H groups in total. The molecule has 2 unspecified atom stereocenters. The van der Waals surface area contributed by atoms with Gasteiger partial charge >= 0.3 is 0 Å². The van der Waals surface area contributed by atoms with E-state index in [1.165, 1.54) is 11.2 Å². The smallest absolute Gasteiger partial charge is 0.237 e. The third-order valence-electron chi connectivity index (χ3n) is 2.68. The average Bonchev–Trinajstić information content (AvgIpc) is 2.25. The largest absolute Gasteiger partial charge is 0.323 e. The summed E-state index contributed by atoms with van der Waals surface area (Å²) in [5.74, 6) is 1.31. The number of carbonyl (C=O) groups is 1. The molecule has 1 fully saturated rings. The molecule has 1 saturated heterocycles. The van der Waals surface area contributed by atoms with E-state index in [4.69, 9.17) is 0 Å². The SMILES string of the molecule is CC(C)C(Br)C(=O)N1CCSCC1S(C)(=O)=O. The second kappa shape index (κ2) is 5.93. The Morgan fingerprint density at radius 2 is 2.06 bits per heavy atom. The second-order valence-corrected chi connectivity index (χ2v) is 8.88. The van der Waals surface area contributed by atoms with Gasteiger partial charge in [-0.3, -0.25) is 4.79 Å². The van der Waals surface area contributed by atoms with Crippen LogP contribution in [0.4, 0.5) is 0 Å². The first-order valence-electron chi connectivity index (χ1n) is 5.46. The molecule has 4 nitrogen and oxygen atoms in total. The standard InChI is InChI=1S/C10H18BrNO3S2/c1-7(2)9(11)10(13)12-4-5-16-6-8(12)17(3,14)15/h7-9H,4-6H2,1-3H3. The fourth-order valence-corrected chi connectivity index (χ4v) is 4.72. The highest BCUT2D eigenvalue weighted by Gasteiger charge is 2.37. The van der Waals surface area contributed by atoms with Crippen LogP contribution in [0.15, 0.2) is 0 Å². The van der Waals surface area contributed by atoms with E-state index < -0.39 is 15.2 Å². The van der Waals surface area contributed by atoms with Crippen LogP contribution in [-0.2, 0) is 14.6 Å². The fourth-order valence-electron chi connectivity index (χ4n) is 1.63. The number of alkyl halides is 1. The Morgan fingerprint density at radius 1 is 1.47 bits per heavy atom. The summed E-state index contributed by atoms with van der Waals surface area (Å²) in [6.45, 7) is 4.38. The zero-order valence-electron chi connectivity index (χ0n) is 10.2. The molecule has 0 aromatic carbocycles. The molecule has 2 atom stereocenters. The van der Waals surface area contributed by atoms with Gasteiger partial charge in [0.25, 0.3) is 0 Å². The van der Waals surface area contributed by atoms with E-state index in [0.29, 0.717) is 12.3 Å². The summed E-state index contributed by atoms with van der Waals surface area (Å²) in [7, 11) is -3.22. The lowest BCUT2D eigenvalue weighted by atomic mass is 10.1. The van der Waals surface area contributed by atoms with Gasteiger partial charge in [-0.15, -0.1) is 0 Å². The van der Waals surface area contributed by atoms with Gasteiger partial charge in [-0.1, -0.05) is 29.8 Å². The summed E-state index contributed by atoms with van der Waals surface area (Å²) < 4.78 is 23.3. The zero-order chi connectivity index (χ0) is 13.2. The third kappa shape index (κ3) is 3.86. The minimum absolute atomic E-state index is 0.115. The molecule has 0 radical (unpaired) electrons. The summed E-state index contributed by atoms with van der Waals surface area (Å²) in [6.07, 6.45) is 1.20. The summed E-state index contributed by atoms with van der Waals surface area (Å²) in [4.78, 5) is 13.4. The maximum atomic E-state index is 12.2. The average molecular weight is 344 g/mol. The highest BCUT2D eigenvalue weighted by molar-refractivity contribution is 9.10. The number of amides is 1. The van der Waals surface area contributed by atoms with Crippen LogP contribution >= 0.6 is 27.7 Å². The lowest BCUT2D eigenvalue weighted by molar-refractivity contribution is -0.131. The van der Waals surface area contributed by atoms with Crippen molar-refractivity contribution in [3.63, 3.8) is 0 Å². The first-order valence-corrected chi connectivity index (χ1v) is 9.48. The van der Waals surface area contributed by atoms with Crippen molar-refractivity contribution in [2.75, 3.05) is 24.3 Å². The van der Waals surface area contributed by atoms with E-state index in [1.54, 1.807) is 11.8 Å². The van der Waals surface area contributed by atoms with E-state index in [1.807, 2.05) is 13.8 Å². The van der Waals surface area contributed by atoms with Gasteiger partial charge in [-0.2, -0.15) is 11.8 Å². The topological polar surface area (TPSA) is 54.5 Å². The first-order chi connectivity index (χ1) is 7.75. The first kappa shape index (κ1) is 15.3. The Morgan fingerprint density at radius 3 is 2.53 bits per heavy atom. The second-order valence-electron chi connectivity index (χ2n) is 4.54. The highest BCUT2D eigenvalue weighted by Crippen LogP contribution is 2.24. The van der Waals surface area contributed by atoms with Gasteiger partial charge in [-0.25, -0.2) is 8.42 Å². The normalized spacial score (nSPS) is 23.8. The van der Waals surface area contributed by atoms with Crippen molar-refractivity contribution < 1.29 is 13.2 Å². The van der Waals surface area contributed by atoms with E-state index in [-0.39, 0.29) is 16.7 Å². The molecule has 7 heteroatoms. The summed E-state index contributed by atoms with van der Waals surface area (Å²) in [6, 6.07) is 0.